The van der Waals surface area contributed by atoms with Crippen molar-refractivity contribution in [2.75, 3.05) is 13.1 Å². The maximum absolute atomic E-state index is 12.5. The topological polar surface area (TPSA) is 75.7 Å². The number of ether oxygens (including phenoxy) is 1. The van der Waals surface area contributed by atoms with E-state index in [1.807, 2.05) is 0 Å². The number of alkyl halides is 2. The van der Waals surface area contributed by atoms with Crippen molar-refractivity contribution >= 4 is 58.1 Å². The van der Waals surface area contributed by atoms with Crippen LogP contribution in [0.5, 0.6) is 5.75 Å². The molecule has 162 valence electrons. The van der Waals surface area contributed by atoms with Crippen LogP contribution >= 0.6 is 35.0 Å². The van der Waals surface area contributed by atoms with Crippen LogP contribution in [0.2, 0.25) is 10.0 Å². The number of carbonyl (C=O) groups excluding carboxylic acids is 3. The first-order chi connectivity index (χ1) is 14.7. The van der Waals surface area contributed by atoms with Crippen LogP contribution in [0.15, 0.2) is 47.4 Å². The van der Waals surface area contributed by atoms with Gasteiger partial charge in [0.15, 0.2) is 0 Å². The third-order valence-corrected chi connectivity index (χ3v) is 5.56. The van der Waals surface area contributed by atoms with Gasteiger partial charge in [0.05, 0.1) is 4.91 Å². The van der Waals surface area contributed by atoms with Gasteiger partial charge in [-0.2, -0.15) is 8.78 Å². The summed E-state index contributed by atoms with van der Waals surface area (Å²) in [4.78, 5) is 38.1. The van der Waals surface area contributed by atoms with Crippen molar-refractivity contribution in [3.8, 4) is 5.75 Å². The highest BCUT2D eigenvalue weighted by Gasteiger charge is 2.34. The van der Waals surface area contributed by atoms with Crippen molar-refractivity contribution in [2.45, 2.75) is 6.61 Å². The van der Waals surface area contributed by atoms with E-state index in [2.05, 4.69) is 10.1 Å². The predicted molar refractivity (Wildman–Crippen MR) is 115 cm³/mol. The molecule has 0 spiro atoms. The molecule has 1 aliphatic heterocycles. The molecule has 2 aromatic carbocycles. The second-order valence-corrected chi connectivity index (χ2v) is 7.99. The van der Waals surface area contributed by atoms with Crippen LogP contribution < -0.4 is 10.1 Å². The molecule has 2 aromatic rings. The Bertz CT molecular complexity index is 1050. The van der Waals surface area contributed by atoms with E-state index in [-0.39, 0.29) is 29.3 Å². The molecule has 0 saturated carbocycles. The zero-order valence-electron chi connectivity index (χ0n) is 15.6. The Balaban J connectivity index is 1.57. The molecule has 0 aromatic heterocycles. The van der Waals surface area contributed by atoms with Crippen molar-refractivity contribution in [3.63, 3.8) is 0 Å². The van der Waals surface area contributed by atoms with Gasteiger partial charge in [0.2, 0.25) is 0 Å². The van der Waals surface area contributed by atoms with E-state index in [0.29, 0.717) is 15.6 Å². The average molecular weight is 487 g/mol. The molecule has 0 bridgehead atoms. The Morgan fingerprint density at radius 1 is 1.16 bits per heavy atom. The fourth-order valence-electron chi connectivity index (χ4n) is 2.62. The molecule has 0 aliphatic carbocycles. The minimum atomic E-state index is -2.96. The van der Waals surface area contributed by atoms with Crippen LogP contribution in [0.4, 0.5) is 13.6 Å². The molecule has 11 heteroatoms. The molecule has 0 unspecified atom stereocenters. The summed E-state index contributed by atoms with van der Waals surface area (Å²) in [6.07, 6.45) is 1.51. The first-order valence-electron chi connectivity index (χ1n) is 8.78. The number of halogens is 4. The third-order valence-electron chi connectivity index (χ3n) is 4.09. The number of amides is 3. The van der Waals surface area contributed by atoms with Gasteiger partial charge in [-0.05, 0) is 59.8 Å². The molecular formula is C20H14Cl2F2N2O4S. The molecule has 6 nitrogen and oxygen atoms in total. The molecule has 1 aliphatic rings. The molecular weight excluding hydrogens is 473 g/mol. The Morgan fingerprint density at radius 2 is 1.87 bits per heavy atom. The number of rotatable bonds is 7. The molecule has 1 saturated heterocycles. The molecule has 1 fully saturated rings. The van der Waals surface area contributed by atoms with Crippen LogP contribution in [-0.4, -0.2) is 41.7 Å². The van der Waals surface area contributed by atoms with Crippen molar-refractivity contribution in [1.82, 2.24) is 10.2 Å². The van der Waals surface area contributed by atoms with Crippen LogP contribution in [0, 0.1) is 0 Å². The normalized spacial score (nSPS) is 15.1. The van der Waals surface area contributed by atoms with Gasteiger partial charge in [0, 0.05) is 28.7 Å². The Hall–Kier alpha value is -2.62. The number of nitrogens with one attached hydrogen (secondary N) is 1. The van der Waals surface area contributed by atoms with E-state index < -0.39 is 23.7 Å². The van der Waals surface area contributed by atoms with Gasteiger partial charge < -0.3 is 10.1 Å². The van der Waals surface area contributed by atoms with Gasteiger partial charge in [0.1, 0.15) is 5.75 Å². The second kappa shape index (κ2) is 10.1. The molecule has 31 heavy (non-hydrogen) atoms. The van der Waals surface area contributed by atoms with Crippen LogP contribution in [0.1, 0.15) is 15.9 Å². The molecule has 3 amide bonds. The Labute approximate surface area is 190 Å². The largest absolute Gasteiger partial charge is 0.435 e. The minimum absolute atomic E-state index is 0.0150. The lowest BCUT2D eigenvalue weighted by Crippen LogP contribution is -2.37. The highest BCUT2D eigenvalue weighted by Crippen LogP contribution is 2.33. The van der Waals surface area contributed by atoms with E-state index in [0.717, 1.165) is 16.7 Å². The summed E-state index contributed by atoms with van der Waals surface area (Å²) in [6, 6.07) is 9.91. The van der Waals surface area contributed by atoms with Gasteiger partial charge in [-0.25, -0.2) is 0 Å². The van der Waals surface area contributed by atoms with E-state index in [9.17, 15) is 23.2 Å². The maximum atomic E-state index is 12.5. The zero-order valence-corrected chi connectivity index (χ0v) is 17.9. The van der Waals surface area contributed by atoms with Crippen molar-refractivity contribution < 1.29 is 27.9 Å². The molecule has 1 heterocycles. The first kappa shape index (κ1) is 23.1. The van der Waals surface area contributed by atoms with Gasteiger partial charge in [-0.3, -0.25) is 19.3 Å². The van der Waals surface area contributed by atoms with Gasteiger partial charge >= 0.3 is 6.61 Å². The van der Waals surface area contributed by atoms with Crippen molar-refractivity contribution in [2.24, 2.45) is 0 Å². The molecule has 3 rings (SSSR count). The zero-order chi connectivity index (χ0) is 22.5. The number of hydrogen-bond donors (Lipinski definition) is 1. The van der Waals surface area contributed by atoms with Crippen LogP contribution in [0.25, 0.3) is 6.08 Å². The Morgan fingerprint density at radius 3 is 2.52 bits per heavy atom. The van der Waals surface area contributed by atoms with E-state index in [1.54, 1.807) is 12.1 Å². The predicted octanol–water partition coefficient (Wildman–Crippen LogP) is 5.06. The highest BCUT2D eigenvalue weighted by molar-refractivity contribution is 8.18. The van der Waals surface area contributed by atoms with Gasteiger partial charge in [-0.15, -0.1) is 0 Å². The third kappa shape index (κ3) is 5.96. The number of imide groups is 1. The lowest BCUT2D eigenvalue weighted by molar-refractivity contribution is -0.122. The average Bonchev–Trinajstić information content (AvgIpc) is 2.97. The number of benzene rings is 2. The molecule has 0 radical (unpaired) electrons. The van der Waals surface area contributed by atoms with Crippen LogP contribution in [0.3, 0.4) is 0 Å². The molecule has 1 N–H and O–H groups in total. The lowest BCUT2D eigenvalue weighted by Gasteiger charge is -2.13. The second-order valence-electron chi connectivity index (χ2n) is 6.16. The molecule has 0 atom stereocenters. The van der Waals surface area contributed by atoms with Crippen molar-refractivity contribution in [3.05, 3.63) is 68.5 Å². The minimum Gasteiger partial charge on any atom is -0.435 e. The summed E-state index contributed by atoms with van der Waals surface area (Å²) in [5, 5.41) is 2.89. The standard InChI is InChI=1S/C20H14Cl2F2N2O4S/c21-13-4-1-12(15(22)10-13)9-16-18(28)26(20(29)31-16)8-7-25-17(27)11-2-5-14(6-3-11)30-19(23)24/h1-6,9-10,19H,7-8H2,(H,25,27). The van der Waals surface area contributed by atoms with Crippen molar-refractivity contribution in [1.29, 1.82) is 0 Å². The van der Waals surface area contributed by atoms with Gasteiger partial charge in [-0.1, -0.05) is 29.3 Å². The summed E-state index contributed by atoms with van der Waals surface area (Å²) >= 11 is 12.7. The fraction of sp³-hybridized carbons (Fsp3) is 0.150. The first-order valence-corrected chi connectivity index (χ1v) is 10.4. The summed E-state index contributed by atoms with van der Waals surface area (Å²) in [7, 11) is 0. The van der Waals surface area contributed by atoms with Crippen LogP contribution in [-0.2, 0) is 4.79 Å². The van der Waals surface area contributed by atoms with E-state index >= 15 is 0 Å². The van der Waals surface area contributed by atoms with E-state index in [1.165, 1.54) is 36.4 Å². The number of thioether (sulfide) groups is 1. The fourth-order valence-corrected chi connectivity index (χ4v) is 3.94. The SMILES string of the molecule is O=C(NCCN1C(=O)SC(=Cc2ccc(Cl)cc2Cl)C1=O)c1ccc(OC(F)F)cc1. The number of nitrogens with zero attached hydrogens (tertiary/aromatic N) is 1. The quantitative estimate of drug-likeness (QED) is 0.553. The summed E-state index contributed by atoms with van der Waals surface area (Å²) in [5.74, 6) is -1.06. The van der Waals surface area contributed by atoms with E-state index in [4.69, 9.17) is 23.2 Å². The number of carbonyl (C=O) groups is 3. The smallest absolute Gasteiger partial charge is 0.387 e. The van der Waals surface area contributed by atoms with Gasteiger partial charge in [0.25, 0.3) is 17.1 Å². The number of hydrogen-bond acceptors (Lipinski definition) is 5. The summed E-state index contributed by atoms with van der Waals surface area (Å²) in [6.45, 7) is -2.97. The monoisotopic (exact) mass is 486 g/mol. The summed E-state index contributed by atoms with van der Waals surface area (Å²) < 4.78 is 28.5. The summed E-state index contributed by atoms with van der Waals surface area (Å²) in [5.41, 5.74) is 0.761. The lowest BCUT2D eigenvalue weighted by atomic mass is 10.2. The highest BCUT2D eigenvalue weighted by atomic mass is 35.5. The Kier molecular flexibility index (Phi) is 7.53. The maximum Gasteiger partial charge on any atom is 0.387 e.